The molecular formula is C19H19N3O2S. The van der Waals surface area contributed by atoms with E-state index in [0.29, 0.717) is 19.4 Å². The summed E-state index contributed by atoms with van der Waals surface area (Å²) in [5, 5.41) is 5.85. The van der Waals surface area contributed by atoms with Gasteiger partial charge in [-0.25, -0.2) is 4.98 Å². The molecule has 0 saturated heterocycles. The van der Waals surface area contributed by atoms with Gasteiger partial charge in [0.2, 0.25) is 5.91 Å². The molecule has 0 radical (unpaired) electrons. The Kier molecular flexibility index (Phi) is 5.74. The normalized spacial score (nSPS) is 10.4. The minimum absolute atomic E-state index is 0.0189. The van der Waals surface area contributed by atoms with Crippen molar-refractivity contribution < 1.29 is 9.53 Å². The molecule has 0 aliphatic carbocycles. The lowest BCUT2D eigenvalue weighted by Crippen LogP contribution is -2.22. The number of methoxy groups -OCH3 is 1. The first kappa shape index (κ1) is 17.1. The molecule has 0 unspecified atom stereocenters. The number of hydrogen-bond donors (Lipinski definition) is 1. The predicted octanol–water partition coefficient (Wildman–Crippen LogP) is 3.46. The zero-order valence-corrected chi connectivity index (χ0v) is 14.8. The van der Waals surface area contributed by atoms with E-state index in [4.69, 9.17) is 4.74 Å². The first-order chi connectivity index (χ1) is 12.2. The van der Waals surface area contributed by atoms with Crippen LogP contribution in [0.25, 0.3) is 11.4 Å². The van der Waals surface area contributed by atoms with Crippen molar-refractivity contribution in [3.63, 3.8) is 0 Å². The molecule has 0 fully saturated rings. The number of ether oxygens (including phenoxy) is 1. The monoisotopic (exact) mass is 353 g/mol. The number of carbonyl (C=O) groups excluding carboxylic acids is 1. The zero-order chi connectivity index (χ0) is 17.5. The van der Waals surface area contributed by atoms with Crippen molar-refractivity contribution in [2.45, 2.75) is 19.4 Å². The fourth-order valence-corrected chi connectivity index (χ4v) is 3.10. The first-order valence-corrected chi connectivity index (χ1v) is 8.88. The lowest BCUT2D eigenvalue weighted by molar-refractivity contribution is -0.121. The van der Waals surface area contributed by atoms with E-state index < -0.39 is 0 Å². The molecule has 0 bridgehead atoms. The Morgan fingerprint density at radius 3 is 2.72 bits per heavy atom. The van der Waals surface area contributed by atoms with Gasteiger partial charge in [0.25, 0.3) is 0 Å². The maximum atomic E-state index is 12.0. The second kappa shape index (κ2) is 8.39. The second-order valence-corrected chi connectivity index (χ2v) is 6.41. The van der Waals surface area contributed by atoms with E-state index in [0.717, 1.165) is 27.7 Å². The van der Waals surface area contributed by atoms with Crippen molar-refractivity contribution in [2.24, 2.45) is 0 Å². The summed E-state index contributed by atoms with van der Waals surface area (Å²) in [4.78, 5) is 20.9. The average Bonchev–Trinajstić information content (AvgIpc) is 3.15. The van der Waals surface area contributed by atoms with Crippen LogP contribution in [-0.2, 0) is 17.8 Å². The quantitative estimate of drug-likeness (QED) is 0.706. The third-order valence-corrected chi connectivity index (χ3v) is 4.60. The molecule has 3 rings (SSSR count). The van der Waals surface area contributed by atoms with Crippen LogP contribution in [0.4, 0.5) is 0 Å². The van der Waals surface area contributed by atoms with E-state index in [2.05, 4.69) is 15.3 Å². The maximum Gasteiger partial charge on any atom is 0.220 e. The standard InChI is InChI=1S/C19H19N3O2S/c1-24-15-7-5-14(6-8-15)12-21-18(23)9-10-19-22-17(13-25-19)16-4-2-3-11-20-16/h2-8,11,13H,9-10,12H2,1H3,(H,21,23). The molecule has 3 aromatic rings. The van der Waals surface area contributed by atoms with Crippen molar-refractivity contribution >= 4 is 17.2 Å². The highest BCUT2D eigenvalue weighted by molar-refractivity contribution is 7.09. The van der Waals surface area contributed by atoms with Gasteiger partial charge in [-0.1, -0.05) is 18.2 Å². The smallest absolute Gasteiger partial charge is 0.220 e. The molecular weight excluding hydrogens is 334 g/mol. The Labute approximate surface area is 150 Å². The number of rotatable bonds is 7. The number of nitrogens with one attached hydrogen (secondary N) is 1. The van der Waals surface area contributed by atoms with Crippen molar-refractivity contribution in [1.82, 2.24) is 15.3 Å². The van der Waals surface area contributed by atoms with E-state index in [1.165, 1.54) is 0 Å². The van der Waals surface area contributed by atoms with Gasteiger partial charge in [-0.15, -0.1) is 11.3 Å². The van der Waals surface area contributed by atoms with Crippen molar-refractivity contribution in [3.8, 4) is 17.1 Å². The lowest BCUT2D eigenvalue weighted by Gasteiger charge is -2.06. The molecule has 5 nitrogen and oxygen atoms in total. The largest absolute Gasteiger partial charge is 0.497 e. The molecule has 1 N–H and O–H groups in total. The van der Waals surface area contributed by atoms with Crippen molar-refractivity contribution in [3.05, 3.63) is 64.6 Å². The van der Waals surface area contributed by atoms with E-state index in [-0.39, 0.29) is 5.91 Å². The number of nitrogens with zero attached hydrogens (tertiary/aromatic N) is 2. The Morgan fingerprint density at radius 2 is 2.00 bits per heavy atom. The molecule has 2 heterocycles. The van der Waals surface area contributed by atoms with Gasteiger partial charge < -0.3 is 10.1 Å². The molecule has 1 aromatic carbocycles. The molecule has 0 spiro atoms. The summed E-state index contributed by atoms with van der Waals surface area (Å²) in [6.07, 6.45) is 2.80. The highest BCUT2D eigenvalue weighted by Crippen LogP contribution is 2.20. The summed E-state index contributed by atoms with van der Waals surface area (Å²) in [6.45, 7) is 0.514. The molecule has 128 valence electrons. The molecule has 0 aliphatic heterocycles. The van der Waals surface area contributed by atoms with E-state index in [1.807, 2.05) is 47.8 Å². The summed E-state index contributed by atoms with van der Waals surface area (Å²) in [6, 6.07) is 13.4. The summed E-state index contributed by atoms with van der Waals surface area (Å²) in [7, 11) is 1.63. The van der Waals surface area contributed by atoms with Gasteiger partial charge in [0.1, 0.15) is 5.75 Å². The Bertz CT molecular complexity index is 816. The number of hydrogen-bond acceptors (Lipinski definition) is 5. The van der Waals surface area contributed by atoms with E-state index in [9.17, 15) is 4.79 Å². The van der Waals surface area contributed by atoms with Gasteiger partial charge in [-0.05, 0) is 29.8 Å². The summed E-state index contributed by atoms with van der Waals surface area (Å²) >= 11 is 1.56. The van der Waals surface area contributed by atoms with Crippen LogP contribution in [-0.4, -0.2) is 23.0 Å². The van der Waals surface area contributed by atoms with Crippen LogP contribution in [0.2, 0.25) is 0 Å². The molecule has 2 aromatic heterocycles. The Morgan fingerprint density at radius 1 is 1.16 bits per heavy atom. The van der Waals surface area contributed by atoms with E-state index in [1.54, 1.807) is 24.6 Å². The van der Waals surface area contributed by atoms with Gasteiger partial charge in [0.15, 0.2) is 0 Å². The topological polar surface area (TPSA) is 64.1 Å². The Balaban J connectivity index is 1.46. The molecule has 0 saturated carbocycles. The van der Waals surface area contributed by atoms with Gasteiger partial charge in [-0.2, -0.15) is 0 Å². The number of pyridine rings is 1. The minimum atomic E-state index is 0.0189. The van der Waals surface area contributed by atoms with Crippen LogP contribution in [0.3, 0.4) is 0 Å². The van der Waals surface area contributed by atoms with Gasteiger partial charge in [0.05, 0.1) is 23.5 Å². The fraction of sp³-hybridized carbons (Fsp3) is 0.211. The summed E-state index contributed by atoms with van der Waals surface area (Å²) in [5.74, 6) is 0.827. The molecule has 1 amide bonds. The lowest BCUT2D eigenvalue weighted by atomic mass is 10.2. The summed E-state index contributed by atoms with van der Waals surface area (Å²) in [5.41, 5.74) is 2.76. The van der Waals surface area contributed by atoms with Crippen molar-refractivity contribution in [1.29, 1.82) is 0 Å². The molecule has 6 heteroatoms. The highest BCUT2D eigenvalue weighted by Gasteiger charge is 2.08. The number of aromatic nitrogens is 2. The van der Waals surface area contributed by atoms with Crippen LogP contribution < -0.4 is 10.1 Å². The Hall–Kier alpha value is -2.73. The first-order valence-electron chi connectivity index (χ1n) is 8.00. The van der Waals surface area contributed by atoms with Gasteiger partial charge in [0, 0.05) is 31.0 Å². The summed E-state index contributed by atoms with van der Waals surface area (Å²) < 4.78 is 5.12. The second-order valence-electron chi connectivity index (χ2n) is 5.47. The third kappa shape index (κ3) is 4.87. The SMILES string of the molecule is COc1ccc(CNC(=O)CCc2nc(-c3ccccn3)cs2)cc1. The minimum Gasteiger partial charge on any atom is -0.497 e. The van der Waals surface area contributed by atoms with Crippen LogP contribution >= 0.6 is 11.3 Å². The predicted molar refractivity (Wildman–Crippen MR) is 98.5 cm³/mol. The third-order valence-electron chi connectivity index (χ3n) is 3.69. The van der Waals surface area contributed by atoms with Crippen LogP contribution in [0.15, 0.2) is 54.0 Å². The highest BCUT2D eigenvalue weighted by atomic mass is 32.1. The van der Waals surface area contributed by atoms with Crippen LogP contribution in [0, 0.1) is 0 Å². The van der Waals surface area contributed by atoms with Crippen LogP contribution in [0.5, 0.6) is 5.75 Å². The zero-order valence-electron chi connectivity index (χ0n) is 13.9. The van der Waals surface area contributed by atoms with Gasteiger partial charge >= 0.3 is 0 Å². The molecule has 0 aliphatic rings. The van der Waals surface area contributed by atoms with E-state index >= 15 is 0 Å². The number of aryl methyl sites for hydroxylation is 1. The number of carbonyl (C=O) groups is 1. The van der Waals surface area contributed by atoms with Crippen molar-refractivity contribution in [2.75, 3.05) is 7.11 Å². The molecule has 0 atom stereocenters. The maximum absolute atomic E-state index is 12.0. The number of benzene rings is 1. The molecule has 25 heavy (non-hydrogen) atoms. The van der Waals surface area contributed by atoms with Crippen LogP contribution in [0.1, 0.15) is 17.0 Å². The average molecular weight is 353 g/mol. The fourth-order valence-electron chi connectivity index (χ4n) is 2.31. The number of amides is 1. The van der Waals surface area contributed by atoms with Gasteiger partial charge in [-0.3, -0.25) is 9.78 Å². The number of thiazole rings is 1.